The van der Waals surface area contributed by atoms with Crippen LogP contribution in [0.15, 0.2) is 0 Å². The number of Topliss-reactive ketones (excluding diaryl/α,β-unsaturated/α-hetero) is 1. The number of unbranched alkanes of at least 4 members (excludes halogenated alkanes) is 12. The van der Waals surface area contributed by atoms with Gasteiger partial charge in [-0.1, -0.05) is 84.0 Å². The zero-order valence-corrected chi connectivity index (χ0v) is 16.5. The van der Waals surface area contributed by atoms with Gasteiger partial charge >= 0.3 is 5.97 Å². The quantitative estimate of drug-likeness (QED) is 0.195. The molecule has 1 heterocycles. The molecule has 0 aliphatic carbocycles. The number of carbonyl (C=O) groups excluding carboxylic acids is 2. The minimum Gasteiger partial charge on any atom is -0.465 e. The predicted octanol–water partition coefficient (Wildman–Crippen LogP) is 6.38. The fraction of sp³-hybridized carbons (Fsp3) is 0.909. The molecule has 0 aromatic carbocycles. The molecule has 0 bridgehead atoms. The zero-order valence-electron chi connectivity index (χ0n) is 16.5. The summed E-state index contributed by atoms with van der Waals surface area (Å²) in [4.78, 5) is 23.9. The highest BCUT2D eigenvalue weighted by atomic mass is 16.5. The number of cyclic esters (lactones) is 1. The van der Waals surface area contributed by atoms with Crippen LogP contribution in [0.4, 0.5) is 0 Å². The third-order valence-electron chi connectivity index (χ3n) is 5.33. The molecule has 0 N–H and O–H groups in total. The third-order valence-corrected chi connectivity index (χ3v) is 5.33. The minimum atomic E-state index is -0.472. The van der Waals surface area contributed by atoms with E-state index in [9.17, 15) is 9.59 Å². The van der Waals surface area contributed by atoms with Gasteiger partial charge in [0.1, 0.15) is 11.7 Å². The average molecular weight is 353 g/mol. The van der Waals surface area contributed by atoms with Crippen LogP contribution in [0.1, 0.15) is 116 Å². The standard InChI is InChI=1S/C22H40O3/c1-2-3-4-5-6-7-8-9-10-11-12-13-14-18-21(23)20-17-15-16-19-25-22(20)24/h20H,2-19H2,1H3. The van der Waals surface area contributed by atoms with E-state index in [4.69, 9.17) is 4.74 Å². The summed E-state index contributed by atoms with van der Waals surface area (Å²) in [5.41, 5.74) is 0. The van der Waals surface area contributed by atoms with Gasteiger partial charge in [-0.05, 0) is 25.7 Å². The van der Waals surface area contributed by atoms with Gasteiger partial charge in [0.05, 0.1) is 6.61 Å². The predicted molar refractivity (Wildman–Crippen MR) is 104 cm³/mol. The van der Waals surface area contributed by atoms with Crippen LogP contribution in [0.3, 0.4) is 0 Å². The first-order chi connectivity index (χ1) is 12.3. The van der Waals surface area contributed by atoms with Crippen LogP contribution in [0.2, 0.25) is 0 Å². The molecule has 0 radical (unpaired) electrons. The lowest BCUT2D eigenvalue weighted by atomic mass is 9.94. The molecule has 1 aliphatic rings. The molecule has 3 heteroatoms. The number of hydrogen-bond donors (Lipinski definition) is 0. The van der Waals surface area contributed by atoms with E-state index in [0.717, 1.165) is 25.7 Å². The summed E-state index contributed by atoms with van der Waals surface area (Å²) in [7, 11) is 0. The molecule has 146 valence electrons. The lowest BCUT2D eigenvalue weighted by Gasteiger charge is -2.10. The fourth-order valence-electron chi connectivity index (χ4n) is 3.63. The molecular formula is C22H40O3. The lowest BCUT2D eigenvalue weighted by Crippen LogP contribution is -2.24. The fourth-order valence-corrected chi connectivity index (χ4v) is 3.63. The lowest BCUT2D eigenvalue weighted by molar-refractivity contribution is -0.150. The van der Waals surface area contributed by atoms with Crippen molar-refractivity contribution in [2.45, 2.75) is 116 Å². The van der Waals surface area contributed by atoms with Crippen molar-refractivity contribution in [2.24, 2.45) is 5.92 Å². The monoisotopic (exact) mass is 352 g/mol. The highest BCUT2D eigenvalue weighted by Crippen LogP contribution is 2.19. The number of rotatable bonds is 15. The van der Waals surface area contributed by atoms with E-state index >= 15 is 0 Å². The van der Waals surface area contributed by atoms with E-state index in [0.29, 0.717) is 19.4 Å². The Morgan fingerprint density at radius 1 is 0.840 bits per heavy atom. The van der Waals surface area contributed by atoms with E-state index in [1.165, 1.54) is 70.6 Å². The van der Waals surface area contributed by atoms with Crippen LogP contribution in [-0.2, 0) is 14.3 Å². The van der Waals surface area contributed by atoms with Crippen LogP contribution in [0.25, 0.3) is 0 Å². The van der Waals surface area contributed by atoms with Crippen LogP contribution >= 0.6 is 0 Å². The molecule has 25 heavy (non-hydrogen) atoms. The highest BCUT2D eigenvalue weighted by Gasteiger charge is 2.28. The molecule has 1 atom stereocenters. The molecular weight excluding hydrogens is 312 g/mol. The smallest absolute Gasteiger partial charge is 0.316 e. The Morgan fingerprint density at radius 3 is 1.92 bits per heavy atom. The first kappa shape index (κ1) is 22.2. The van der Waals surface area contributed by atoms with Crippen molar-refractivity contribution in [3.63, 3.8) is 0 Å². The summed E-state index contributed by atoms with van der Waals surface area (Å²) in [5, 5.41) is 0. The largest absolute Gasteiger partial charge is 0.465 e. The second-order valence-electron chi connectivity index (χ2n) is 7.67. The second-order valence-corrected chi connectivity index (χ2v) is 7.67. The normalized spacial score (nSPS) is 18.0. The van der Waals surface area contributed by atoms with Crippen molar-refractivity contribution >= 4 is 11.8 Å². The number of hydrogen-bond acceptors (Lipinski definition) is 3. The molecule has 0 saturated carbocycles. The van der Waals surface area contributed by atoms with Gasteiger partial charge in [0.15, 0.2) is 0 Å². The molecule has 0 spiro atoms. The molecule has 1 saturated heterocycles. The van der Waals surface area contributed by atoms with Crippen molar-refractivity contribution in [2.75, 3.05) is 6.61 Å². The zero-order chi connectivity index (χ0) is 18.2. The number of esters is 1. The summed E-state index contributed by atoms with van der Waals surface area (Å²) in [5.74, 6) is -0.646. The maximum absolute atomic E-state index is 12.2. The van der Waals surface area contributed by atoms with Crippen LogP contribution in [-0.4, -0.2) is 18.4 Å². The van der Waals surface area contributed by atoms with Crippen LogP contribution in [0.5, 0.6) is 0 Å². The van der Waals surface area contributed by atoms with Gasteiger partial charge in [0.2, 0.25) is 0 Å². The number of ether oxygens (including phenoxy) is 1. The van der Waals surface area contributed by atoms with Gasteiger partial charge in [0, 0.05) is 6.42 Å². The Balaban J connectivity index is 1.88. The second kappa shape index (κ2) is 15.4. The van der Waals surface area contributed by atoms with E-state index in [-0.39, 0.29) is 11.8 Å². The van der Waals surface area contributed by atoms with Crippen molar-refractivity contribution in [1.82, 2.24) is 0 Å². The molecule has 0 amide bonds. The van der Waals surface area contributed by atoms with Crippen molar-refractivity contribution < 1.29 is 14.3 Å². The Kier molecular flexibility index (Phi) is 13.7. The Labute approximate surface area is 155 Å². The van der Waals surface area contributed by atoms with Gasteiger partial charge in [-0.25, -0.2) is 0 Å². The van der Waals surface area contributed by atoms with Gasteiger partial charge in [-0.3, -0.25) is 9.59 Å². The van der Waals surface area contributed by atoms with Crippen molar-refractivity contribution in [3.05, 3.63) is 0 Å². The Morgan fingerprint density at radius 2 is 1.36 bits per heavy atom. The van der Waals surface area contributed by atoms with E-state index < -0.39 is 5.92 Å². The van der Waals surface area contributed by atoms with Crippen molar-refractivity contribution in [3.8, 4) is 0 Å². The third kappa shape index (κ3) is 11.4. The van der Waals surface area contributed by atoms with Crippen LogP contribution in [0, 0.1) is 5.92 Å². The topological polar surface area (TPSA) is 43.4 Å². The minimum absolute atomic E-state index is 0.106. The number of ketones is 1. The molecule has 1 aliphatic heterocycles. The van der Waals surface area contributed by atoms with E-state index in [1.807, 2.05) is 0 Å². The summed E-state index contributed by atoms with van der Waals surface area (Å²) in [6.45, 7) is 2.75. The van der Waals surface area contributed by atoms with Gasteiger partial charge in [-0.15, -0.1) is 0 Å². The van der Waals surface area contributed by atoms with Crippen molar-refractivity contribution in [1.29, 1.82) is 0 Å². The first-order valence-electron chi connectivity index (χ1n) is 10.9. The van der Waals surface area contributed by atoms with Gasteiger partial charge < -0.3 is 4.74 Å². The summed E-state index contributed by atoms with van der Waals surface area (Å²) < 4.78 is 5.10. The molecule has 0 aromatic heterocycles. The van der Waals surface area contributed by atoms with E-state index in [1.54, 1.807) is 0 Å². The summed E-state index contributed by atoms with van der Waals surface area (Å²) in [6, 6.07) is 0. The number of carbonyl (C=O) groups is 2. The highest BCUT2D eigenvalue weighted by molar-refractivity contribution is 5.99. The average Bonchev–Trinajstić information content (AvgIpc) is 2.83. The molecule has 1 unspecified atom stereocenters. The molecule has 3 nitrogen and oxygen atoms in total. The SMILES string of the molecule is CCCCCCCCCCCCCCCC(=O)C1CCCCOC1=O. The summed E-state index contributed by atoms with van der Waals surface area (Å²) in [6.07, 6.45) is 20.1. The molecule has 1 rings (SSSR count). The summed E-state index contributed by atoms with van der Waals surface area (Å²) >= 11 is 0. The van der Waals surface area contributed by atoms with Gasteiger partial charge in [0.25, 0.3) is 0 Å². The van der Waals surface area contributed by atoms with E-state index in [2.05, 4.69) is 6.92 Å². The van der Waals surface area contributed by atoms with Gasteiger partial charge in [-0.2, -0.15) is 0 Å². The first-order valence-corrected chi connectivity index (χ1v) is 10.9. The maximum atomic E-state index is 12.2. The molecule has 0 aromatic rings. The Hall–Kier alpha value is -0.860. The maximum Gasteiger partial charge on any atom is 0.316 e. The Bertz CT molecular complexity index is 351. The van der Waals surface area contributed by atoms with Crippen LogP contribution < -0.4 is 0 Å². The molecule has 1 fully saturated rings.